The highest BCUT2D eigenvalue weighted by molar-refractivity contribution is 8.16. The minimum Gasteiger partial charge on any atom is -0.336 e. The van der Waals surface area contributed by atoms with Gasteiger partial charge in [-0.15, -0.1) is 34.9 Å². The van der Waals surface area contributed by atoms with E-state index in [0.29, 0.717) is 4.58 Å². The van der Waals surface area contributed by atoms with Gasteiger partial charge in [0.15, 0.2) is 0 Å². The number of amides is 1. The van der Waals surface area contributed by atoms with Gasteiger partial charge in [0, 0.05) is 43.2 Å². The molecule has 0 N–H and O–H groups in total. The molecule has 3 heterocycles. The van der Waals surface area contributed by atoms with Crippen molar-refractivity contribution in [1.29, 1.82) is 0 Å². The monoisotopic (exact) mass is 404 g/mol. The second kappa shape index (κ2) is 8.83. The summed E-state index contributed by atoms with van der Waals surface area (Å²) in [7, 11) is 0. The van der Waals surface area contributed by atoms with Gasteiger partial charge in [-0.1, -0.05) is 18.2 Å². The van der Waals surface area contributed by atoms with Gasteiger partial charge >= 0.3 is 0 Å². The number of carbonyl (C=O) groups is 1. The average molecular weight is 405 g/mol. The molecule has 3 nitrogen and oxygen atoms in total. The summed E-state index contributed by atoms with van der Waals surface area (Å²) in [5.74, 6) is 2.67. The van der Waals surface area contributed by atoms with E-state index in [9.17, 15) is 4.79 Å². The number of rotatable bonds is 4. The zero-order valence-electron chi connectivity index (χ0n) is 14.8. The molecule has 0 unspecified atom stereocenters. The summed E-state index contributed by atoms with van der Waals surface area (Å²) in [5.41, 5.74) is 2.17. The zero-order chi connectivity index (χ0) is 17.8. The van der Waals surface area contributed by atoms with Gasteiger partial charge in [-0.3, -0.25) is 9.69 Å². The minimum absolute atomic E-state index is 0.177. The predicted octanol–water partition coefficient (Wildman–Crippen LogP) is 4.57. The first-order valence-corrected chi connectivity index (χ1v) is 12.1. The number of benzene rings is 1. The van der Waals surface area contributed by atoms with Crippen LogP contribution in [0, 0.1) is 0 Å². The molecule has 0 spiro atoms. The SMILES string of the molecule is O=C(c1ccc(C2SCCCS2)cc1)N1CCN(Cc2cccs2)CC1. The van der Waals surface area contributed by atoms with Crippen LogP contribution in [0.15, 0.2) is 41.8 Å². The maximum Gasteiger partial charge on any atom is 0.253 e. The highest BCUT2D eigenvalue weighted by Crippen LogP contribution is 2.43. The smallest absolute Gasteiger partial charge is 0.253 e. The van der Waals surface area contributed by atoms with E-state index >= 15 is 0 Å². The van der Waals surface area contributed by atoms with Crippen molar-refractivity contribution >= 4 is 40.8 Å². The molecule has 2 aliphatic heterocycles. The average Bonchev–Trinajstić information content (AvgIpc) is 3.22. The zero-order valence-corrected chi connectivity index (χ0v) is 17.3. The van der Waals surface area contributed by atoms with Gasteiger partial charge < -0.3 is 4.90 Å². The van der Waals surface area contributed by atoms with Crippen molar-refractivity contribution in [2.45, 2.75) is 17.5 Å². The Kier molecular flexibility index (Phi) is 6.25. The van der Waals surface area contributed by atoms with Crippen molar-refractivity contribution in [2.24, 2.45) is 0 Å². The molecule has 0 aliphatic carbocycles. The first-order valence-electron chi connectivity index (χ1n) is 9.17. The van der Waals surface area contributed by atoms with E-state index in [1.165, 1.54) is 28.4 Å². The van der Waals surface area contributed by atoms with Gasteiger partial charge in [-0.2, -0.15) is 0 Å². The van der Waals surface area contributed by atoms with Gasteiger partial charge in [0.1, 0.15) is 0 Å². The lowest BCUT2D eigenvalue weighted by Gasteiger charge is -2.34. The van der Waals surface area contributed by atoms with E-state index < -0.39 is 0 Å². The second-order valence-corrected chi connectivity index (χ2v) is 10.5. The van der Waals surface area contributed by atoms with Crippen LogP contribution in [0.5, 0.6) is 0 Å². The lowest BCUT2D eigenvalue weighted by atomic mass is 10.1. The number of hydrogen-bond donors (Lipinski definition) is 0. The summed E-state index contributed by atoms with van der Waals surface area (Å²) in [6.07, 6.45) is 1.31. The summed E-state index contributed by atoms with van der Waals surface area (Å²) < 4.78 is 0.536. The van der Waals surface area contributed by atoms with Crippen LogP contribution in [-0.2, 0) is 6.54 Å². The Balaban J connectivity index is 1.31. The second-order valence-electron chi connectivity index (χ2n) is 6.70. The molecule has 1 amide bonds. The van der Waals surface area contributed by atoms with E-state index in [4.69, 9.17) is 0 Å². The van der Waals surface area contributed by atoms with Crippen LogP contribution in [0.3, 0.4) is 0 Å². The number of thiophene rings is 1. The van der Waals surface area contributed by atoms with Crippen LogP contribution >= 0.6 is 34.9 Å². The van der Waals surface area contributed by atoms with E-state index in [2.05, 4.69) is 34.5 Å². The highest BCUT2D eigenvalue weighted by Gasteiger charge is 2.23. The van der Waals surface area contributed by atoms with Crippen molar-refractivity contribution < 1.29 is 4.79 Å². The van der Waals surface area contributed by atoms with E-state index in [-0.39, 0.29) is 5.91 Å². The minimum atomic E-state index is 0.177. The van der Waals surface area contributed by atoms with Gasteiger partial charge in [0.25, 0.3) is 5.91 Å². The number of carbonyl (C=O) groups excluding carboxylic acids is 1. The van der Waals surface area contributed by atoms with Crippen LogP contribution in [-0.4, -0.2) is 53.4 Å². The van der Waals surface area contributed by atoms with E-state index in [1.54, 1.807) is 0 Å². The fraction of sp³-hybridized carbons (Fsp3) is 0.450. The van der Waals surface area contributed by atoms with Gasteiger partial charge in [0.2, 0.25) is 0 Å². The van der Waals surface area contributed by atoms with Crippen molar-refractivity contribution in [1.82, 2.24) is 9.80 Å². The summed E-state index contributed by atoms with van der Waals surface area (Å²) in [6.45, 7) is 4.56. The standard InChI is InChI=1S/C20H24N2OS3/c23-19(16-4-6-17(7-5-16)20-25-13-2-14-26-20)22-10-8-21(9-11-22)15-18-3-1-12-24-18/h1,3-7,12,20H,2,8-11,13-15H2. The van der Waals surface area contributed by atoms with Crippen molar-refractivity contribution in [2.75, 3.05) is 37.7 Å². The van der Waals surface area contributed by atoms with E-state index in [0.717, 1.165) is 38.3 Å². The van der Waals surface area contributed by atoms with Crippen LogP contribution < -0.4 is 0 Å². The molecule has 26 heavy (non-hydrogen) atoms. The Hall–Kier alpha value is -0.950. The third-order valence-corrected chi connectivity index (χ3v) is 8.75. The molecule has 2 aliphatic rings. The Morgan fingerprint density at radius 3 is 2.38 bits per heavy atom. The molecule has 0 radical (unpaired) electrons. The molecule has 0 atom stereocenters. The molecular weight excluding hydrogens is 380 g/mol. The summed E-state index contributed by atoms with van der Waals surface area (Å²) in [5, 5.41) is 2.13. The fourth-order valence-electron chi connectivity index (χ4n) is 3.38. The topological polar surface area (TPSA) is 23.6 Å². The van der Waals surface area contributed by atoms with Crippen LogP contribution in [0.2, 0.25) is 0 Å². The Bertz CT molecular complexity index is 703. The molecule has 2 saturated heterocycles. The lowest BCUT2D eigenvalue weighted by Crippen LogP contribution is -2.48. The van der Waals surface area contributed by atoms with Crippen molar-refractivity contribution in [3.63, 3.8) is 0 Å². The molecule has 0 bridgehead atoms. The van der Waals surface area contributed by atoms with Crippen molar-refractivity contribution in [3.05, 3.63) is 57.8 Å². The Labute approximate surface area is 168 Å². The van der Waals surface area contributed by atoms with Crippen LogP contribution in [0.25, 0.3) is 0 Å². The van der Waals surface area contributed by atoms with Gasteiger partial charge in [0.05, 0.1) is 4.58 Å². The number of hydrogen-bond acceptors (Lipinski definition) is 5. The molecule has 1 aromatic heterocycles. The maximum atomic E-state index is 12.8. The lowest BCUT2D eigenvalue weighted by molar-refractivity contribution is 0.0629. The predicted molar refractivity (Wildman–Crippen MR) is 114 cm³/mol. The summed E-state index contributed by atoms with van der Waals surface area (Å²) in [4.78, 5) is 18.7. The molecular formula is C20H24N2OS3. The molecule has 0 saturated carbocycles. The molecule has 2 fully saturated rings. The number of nitrogens with zero attached hydrogens (tertiary/aromatic N) is 2. The molecule has 1 aromatic carbocycles. The third-order valence-electron chi connectivity index (χ3n) is 4.88. The Morgan fingerprint density at radius 2 is 1.73 bits per heavy atom. The quantitative estimate of drug-likeness (QED) is 0.744. The van der Waals surface area contributed by atoms with Gasteiger partial charge in [-0.25, -0.2) is 0 Å². The normalized spacial score (nSPS) is 19.6. The molecule has 138 valence electrons. The summed E-state index contributed by atoms with van der Waals surface area (Å²) in [6, 6.07) is 12.6. The number of piperazine rings is 1. The molecule has 6 heteroatoms. The largest absolute Gasteiger partial charge is 0.336 e. The maximum absolute atomic E-state index is 12.8. The van der Waals surface area contributed by atoms with Crippen LogP contribution in [0.1, 0.15) is 31.8 Å². The first kappa shape index (κ1) is 18.4. The molecule has 4 rings (SSSR count). The van der Waals surface area contributed by atoms with Crippen LogP contribution in [0.4, 0.5) is 0 Å². The summed E-state index contributed by atoms with van der Waals surface area (Å²) >= 11 is 5.85. The fourth-order valence-corrected chi connectivity index (χ4v) is 7.02. The molecule has 2 aromatic rings. The van der Waals surface area contributed by atoms with Gasteiger partial charge in [-0.05, 0) is 47.1 Å². The third kappa shape index (κ3) is 4.47. The van der Waals surface area contributed by atoms with E-state index in [1.807, 2.05) is 51.9 Å². The Morgan fingerprint density at radius 1 is 1.00 bits per heavy atom. The highest BCUT2D eigenvalue weighted by atomic mass is 32.2. The van der Waals surface area contributed by atoms with Crippen molar-refractivity contribution in [3.8, 4) is 0 Å². The first-order chi connectivity index (χ1) is 12.8. The number of thioether (sulfide) groups is 2.